The van der Waals surface area contributed by atoms with E-state index in [1.807, 2.05) is 0 Å². The highest BCUT2D eigenvalue weighted by Crippen LogP contribution is 2.28. The van der Waals surface area contributed by atoms with E-state index in [1.54, 1.807) is 24.3 Å². The highest BCUT2D eigenvalue weighted by atomic mass is 19.4. The smallest absolute Gasteiger partial charge is 0.497 e. The molecule has 2 aromatic rings. The lowest BCUT2D eigenvalue weighted by molar-refractivity contribution is -0.274. The van der Waals surface area contributed by atoms with Crippen LogP contribution in [0.1, 0.15) is 6.42 Å². The topological polar surface area (TPSA) is 67.9 Å². The maximum atomic E-state index is 12.6. The number of ether oxygens (including phenoxy) is 2. The second-order valence-corrected chi connectivity index (χ2v) is 5.74. The van der Waals surface area contributed by atoms with Crippen molar-refractivity contribution < 1.29 is 32.2 Å². The maximum absolute atomic E-state index is 12.6. The SMILES string of the molecule is COc1ccc(N2C(=O)C[C@H](Nc3ccc(OC(F)(F)F)cc3)C2=O)cc1. The zero-order valence-electron chi connectivity index (χ0n) is 14.1. The second-order valence-electron chi connectivity index (χ2n) is 5.74. The fourth-order valence-electron chi connectivity index (χ4n) is 2.70. The summed E-state index contributed by atoms with van der Waals surface area (Å²) >= 11 is 0. The van der Waals surface area contributed by atoms with Gasteiger partial charge in [0.25, 0.3) is 5.91 Å². The predicted octanol–water partition coefficient (Wildman–Crippen LogP) is 3.34. The number of methoxy groups -OCH3 is 1. The first-order valence-electron chi connectivity index (χ1n) is 7.90. The van der Waals surface area contributed by atoms with E-state index in [-0.39, 0.29) is 18.1 Å². The molecular formula is C18H15F3N2O4. The lowest BCUT2D eigenvalue weighted by Gasteiger charge is -2.16. The molecule has 0 radical (unpaired) electrons. The molecule has 0 saturated carbocycles. The van der Waals surface area contributed by atoms with Crippen molar-refractivity contribution in [2.75, 3.05) is 17.3 Å². The number of carbonyl (C=O) groups excluding carboxylic acids is 2. The van der Waals surface area contributed by atoms with Crippen LogP contribution in [0.3, 0.4) is 0 Å². The number of nitrogens with one attached hydrogen (secondary N) is 1. The fourth-order valence-corrected chi connectivity index (χ4v) is 2.70. The van der Waals surface area contributed by atoms with Gasteiger partial charge in [-0.3, -0.25) is 9.59 Å². The average Bonchev–Trinajstić information content (AvgIpc) is 2.89. The second kappa shape index (κ2) is 7.18. The minimum atomic E-state index is -4.78. The van der Waals surface area contributed by atoms with Crippen molar-refractivity contribution in [3.8, 4) is 11.5 Å². The van der Waals surface area contributed by atoms with Gasteiger partial charge in [0, 0.05) is 5.69 Å². The number of halogens is 3. The molecule has 0 aromatic heterocycles. The minimum absolute atomic E-state index is 0.0638. The summed E-state index contributed by atoms with van der Waals surface area (Å²) in [5, 5.41) is 2.86. The van der Waals surface area contributed by atoms with Gasteiger partial charge in [0.15, 0.2) is 0 Å². The maximum Gasteiger partial charge on any atom is 0.573 e. The van der Waals surface area contributed by atoms with Gasteiger partial charge in [0.05, 0.1) is 19.2 Å². The van der Waals surface area contributed by atoms with E-state index in [2.05, 4.69) is 10.1 Å². The van der Waals surface area contributed by atoms with Crippen LogP contribution in [-0.2, 0) is 9.59 Å². The molecule has 2 amide bonds. The van der Waals surface area contributed by atoms with Crippen molar-refractivity contribution in [1.82, 2.24) is 0 Å². The summed E-state index contributed by atoms with van der Waals surface area (Å²) in [6.45, 7) is 0. The van der Waals surface area contributed by atoms with Gasteiger partial charge < -0.3 is 14.8 Å². The van der Waals surface area contributed by atoms with E-state index in [0.717, 1.165) is 17.0 Å². The Hall–Kier alpha value is -3.23. The van der Waals surface area contributed by atoms with Gasteiger partial charge in [0.2, 0.25) is 5.91 Å². The zero-order chi connectivity index (χ0) is 19.6. The molecule has 0 spiro atoms. The third kappa shape index (κ3) is 4.30. The van der Waals surface area contributed by atoms with E-state index in [4.69, 9.17) is 4.74 Å². The van der Waals surface area contributed by atoms with Crippen LogP contribution in [0.25, 0.3) is 0 Å². The summed E-state index contributed by atoms with van der Waals surface area (Å²) in [6, 6.07) is 10.6. The van der Waals surface area contributed by atoms with E-state index >= 15 is 0 Å². The lowest BCUT2D eigenvalue weighted by atomic mass is 10.2. The summed E-state index contributed by atoms with van der Waals surface area (Å²) in [6.07, 6.45) is -4.84. The summed E-state index contributed by atoms with van der Waals surface area (Å²) < 4.78 is 45.4. The Kier molecular flexibility index (Phi) is 4.93. The van der Waals surface area contributed by atoms with Crippen LogP contribution < -0.4 is 19.7 Å². The van der Waals surface area contributed by atoms with Crippen LogP contribution >= 0.6 is 0 Å². The fraction of sp³-hybridized carbons (Fsp3) is 0.222. The molecule has 1 N–H and O–H groups in total. The Labute approximate surface area is 152 Å². The van der Waals surface area contributed by atoms with Gasteiger partial charge in [-0.05, 0) is 48.5 Å². The number of rotatable bonds is 5. The summed E-state index contributed by atoms with van der Waals surface area (Å²) in [4.78, 5) is 25.9. The number of amides is 2. The minimum Gasteiger partial charge on any atom is -0.497 e. The molecule has 6 nitrogen and oxygen atoms in total. The molecule has 1 atom stereocenters. The van der Waals surface area contributed by atoms with Gasteiger partial charge >= 0.3 is 6.36 Å². The standard InChI is InChI=1S/C18H15F3N2O4/c1-26-13-8-4-12(5-9-13)23-16(24)10-15(17(23)25)22-11-2-6-14(7-3-11)27-18(19,20)21/h2-9,15,22H,10H2,1H3/t15-/m0/s1. The van der Waals surface area contributed by atoms with Gasteiger partial charge in [-0.25, -0.2) is 4.90 Å². The molecule has 0 unspecified atom stereocenters. The molecule has 2 aromatic carbocycles. The first kappa shape index (κ1) is 18.6. The highest BCUT2D eigenvalue weighted by molar-refractivity contribution is 6.23. The van der Waals surface area contributed by atoms with E-state index < -0.39 is 18.3 Å². The Bertz CT molecular complexity index is 835. The van der Waals surface area contributed by atoms with Crippen molar-refractivity contribution in [2.45, 2.75) is 18.8 Å². The molecule has 142 valence electrons. The Balaban J connectivity index is 1.69. The Morgan fingerprint density at radius 1 is 1.00 bits per heavy atom. The lowest BCUT2D eigenvalue weighted by Crippen LogP contribution is -2.34. The van der Waals surface area contributed by atoms with Gasteiger partial charge in [-0.2, -0.15) is 0 Å². The number of alkyl halides is 3. The summed E-state index contributed by atoms with van der Waals surface area (Å²) in [5.41, 5.74) is 0.816. The molecule has 1 fully saturated rings. The molecule has 0 aliphatic carbocycles. The molecule has 1 aliphatic rings. The molecule has 1 saturated heterocycles. The van der Waals surface area contributed by atoms with Crippen LogP contribution in [0.5, 0.6) is 11.5 Å². The number of hydrogen-bond donors (Lipinski definition) is 1. The van der Waals surface area contributed by atoms with Crippen LogP contribution in [-0.4, -0.2) is 31.3 Å². The van der Waals surface area contributed by atoms with Gasteiger partial charge in [0.1, 0.15) is 17.5 Å². The molecule has 9 heteroatoms. The third-order valence-corrected chi connectivity index (χ3v) is 3.91. The number of imide groups is 1. The first-order valence-corrected chi connectivity index (χ1v) is 7.90. The molecule has 1 aliphatic heterocycles. The number of nitrogens with zero attached hydrogens (tertiary/aromatic N) is 1. The number of hydrogen-bond acceptors (Lipinski definition) is 5. The molecule has 3 rings (SSSR count). The molecule has 0 bridgehead atoms. The Morgan fingerprint density at radius 2 is 1.59 bits per heavy atom. The normalized spacial score (nSPS) is 17.2. The number of benzene rings is 2. The van der Waals surface area contributed by atoms with Crippen molar-refractivity contribution in [3.63, 3.8) is 0 Å². The third-order valence-electron chi connectivity index (χ3n) is 3.91. The quantitative estimate of drug-likeness (QED) is 0.806. The van der Waals surface area contributed by atoms with Crippen LogP contribution in [0, 0.1) is 0 Å². The molecular weight excluding hydrogens is 365 g/mol. The number of carbonyl (C=O) groups is 2. The van der Waals surface area contributed by atoms with Crippen molar-refractivity contribution in [3.05, 3.63) is 48.5 Å². The van der Waals surface area contributed by atoms with E-state index in [9.17, 15) is 22.8 Å². The van der Waals surface area contributed by atoms with Gasteiger partial charge in [-0.15, -0.1) is 13.2 Å². The zero-order valence-corrected chi connectivity index (χ0v) is 14.1. The average molecular weight is 380 g/mol. The predicted molar refractivity (Wildman–Crippen MR) is 90.6 cm³/mol. The van der Waals surface area contributed by atoms with Crippen LogP contribution in [0.4, 0.5) is 24.5 Å². The summed E-state index contributed by atoms with van der Waals surface area (Å²) in [7, 11) is 1.51. The molecule has 27 heavy (non-hydrogen) atoms. The van der Waals surface area contributed by atoms with E-state index in [1.165, 1.54) is 19.2 Å². The first-order chi connectivity index (χ1) is 12.8. The Morgan fingerprint density at radius 3 is 2.15 bits per heavy atom. The van der Waals surface area contributed by atoms with Crippen LogP contribution in [0.15, 0.2) is 48.5 Å². The van der Waals surface area contributed by atoms with Crippen molar-refractivity contribution >= 4 is 23.2 Å². The van der Waals surface area contributed by atoms with E-state index in [0.29, 0.717) is 17.1 Å². The van der Waals surface area contributed by atoms with Crippen molar-refractivity contribution in [1.29, 1.82) is 0 Å². The largest absolute Gasteiger partial charge is 0.573 e. The monoisotopic (exact) mass is 380 g/mol. The number of anilines is 2. The van der Waals surface area contributed by atoms with Crippen LogP contribution in [0.2, 0.25) is 0 Å². The van der Waals surface area contributed by atoms with Crippen molar-refractivity contribution in [2.24, 2.45) is 0 Å². The highest BCUT2D eigenvalue weighted by Gasteiger charge is 2.39. The summed E-state index contributed by atoms with van der Waals surface area (Å²) in [5.74, 6) is -0.601. The molecule has 1 heterocycles. The van der Waals surface area contributed by atoms with Gasteiger partial charge in [-0.1, -0.05) is 0 Å².